The molecule has 4 heteroatoms. The third-order valence-electron chi connectivity index (χ3n) is 3.26. The lowest BCUT2D eigenvalue weighted by atomic mass is 10.1. The molecule has 0 aromatic heterocycles. The second kappa shape index (κ2) is 5.38. The minimum absolute atomic E-state index is 0.147. The van der Waals surface area contributed by atoms with E-state index >= 15 is 0 Å². The van der Waals surface area contributed by atoms with E-state index in [0.29, 0.717) is 0 Å². The van der Waals surface area contributed by atoms with Crippen LogP contribution < -0.4 is 4.90 Å². The molecule has 17 heavy (non-hydrogen) atoms. The van der Waals surface area contributed by atoms with Gasteiger partial charge in [-0.25, -0.2) is 0 Å². The van der Waals surface area contributed by atoms with Gasteiger partial charge < -0.3 is 15.1 Å². The average Bonchev–Trinajstić information content (AvgIpc) is 2.29. The molecule has 1 atom stereocenters. The van der Waals surface area contributed by atoms with Gasteiger partial charge in [0.05, 0.1) is 12.2 Å². The van der Waals surface area contributed by atoms with E-state index in [1.165, 1.54) is 0 Å². The molecule has 0 bridgehead atoms. The fourth-order valence-electron chi connectivity index (χ4n) is 2.18. The summed E-state index contributed by atoms with van der Waals surface area (Å²) in [6.07, 6.45) is 1.05. The van der Waals surface area contributed by atoms with Crippen molar-refractivity contribution in [3.8, 4) is 0 Å². The summed E-state index contributed by atoms with van der Waals surface area (Å²) < 4.78 is 0.941. The van der Waals surface area contributed by atoms with Crippen molar-refractivity contribution < 1.29 is 10.2 Å². The van der Waals surface area contributed by atoms with Crippen LogP contribution in [0.1, 0.15) is 31.4 Å². The fourth-order valence-corrected chi connectivity index (χ4v) is 2.87. The van der Waals surface area contributed by atoms with Crippen molar-refractivity contribution >= 4 is 21.6 Å². The first kappa shape index (κ1) is 12.9. The maximum atomic E-state index is 9.56. The first-order valence-electron chi connectivity index (χ1n) is 5.98. The Hall–Kier alpha value is -0.580. The molecule has 0 saturated carbocycles. The van der Waals surface area contributed by atoms with E-state index in [2.05, 4.69) is 20.8 Å². The minimum atomic E-state index is -0.457. The van der Waals surface area contributed by atoms with Gasteiger partial charge in [0.15, 0.2) is 0 Å². The van der Waals surface area contributed by atoms with Crippen molar-refractivity contribution in [3.05, 3.63) is 28.2 Å². The topological polar surface area (TPSA) is 43.7 Å². The van der Waals surface area contributed by atoms with Gasteiger partial charge in [-0.05, 0) is 37.5 Å². The second-order valence-electron chi connectivity index (χ2n) is 4.60. The lowest BCUT2D eigenvalue weighted by Crippen LogP contribution is -2.35. The number of aliphatic hydroxyl groups excluding tert-OH is 2. The number of anilines is 1. The molecule has 1 fully saturated rings. The van der Waals surface area contributed by atoms with Gasteiger partial charge in [0, 0.05) is 23.2 Å². The van der Waals surface area contributed by atoms with Crippen LogP contribution in [0.25, 0.3) is 0 Å². The molecule has 3 nitrogen and oxygen atoms in total. The van der Waals surface area contributed by atoms with Gasteiger partial charge in [0.1, 0.15) is 0 Å². The largest absolute Gasteiger partial charge is 0.393 e. The summed E-state index contributed by atoms with van der Waals surface area (Å²) in [6.45, 7) is 3.54. The van der Waals surface area contributed by atoms with E-state index in [4.69, 9.17) is 0 Å². The van der Waals surface area contributed by atoms with Gasteiger partial charge in [0.2, 0.25) is 0 Å². The zero-order chi connectivity index (χ0) is 12.4. The van der Waals surface area contributed by atoms with Gasteiger partial charge in [0.25, 0.3) is 0 Å². The van der Waals surface area contributed by atoms with Crippen LogP contribution in [0.3, 0.4) is 0 Å². The van der Waals surface area contributed by atoms with Crippen molar-refractivity contribution in [1.29, 1.82) is 0 Å². The Bertz CT molecular complexity index is 387. The Morgan fingerprint density at radius 3 is 2.53 bits per heavy atom. The Kier molecular flexibility index (Phi) is 4.07. The highest BCUT2D eigenvalue weighted by atomic mass is 79.9. The smallest absolute Gasteiger partial charge is 0.0772 e. The lowest BCUT2D eigenvalue weighted by molar-refractivity contribution is 0.145. The number of nitrogens with zero attached hydrogens (tertiary/aromatic N) is 1. The fraction of sp³-hybridized carbons (Fsp3) is 0.538. The Morgan fingerprint density at radius 1 is 1.35 bits per heavy atom. The number of piperidine rings is 1. The van der Waals surface area contributed by atoms with Crippen molar-refractivity contribution in [2.75, 3.05) is 18.0 Å². The van der Waals surface area contributed by atoms with Gasteiger partial charge in [-0.15, -0.1) is 0 Å². The zero-order valence-electron chi connectivity index (χ0n) is 9.93. The van der Waals surface area contributed by atoms with E-state index in [0.717, 1.165) is 41.7 Å². The van der Waals surface area contributed by atoms with Crippen LogP contribution in [0.4, 0.5) is 5.69 Å². The summed E-state index contributed by atoms with van der Waals surface area (Å²) in [7, 11) is 0. The molecular weight excluding hydrogens is 282 g/mol. The standard InChI is InChI=1S/C13H18BrNO2/c1-9(16)12-3-2-10(8-13(12)14)15-6-4-11(17)5-7-15/h2-3,8-9,11,16-17H,4-7H2,1H3. The maximum absolute atomic E-state index is 9.56. The molecule has 1 aromatic rings. The molecule has 0 spiro atoms. The van der Waals surface area contributed by atoms with Crippen LogP contribution in [0.5, 0.6) is 0 Å². The first-order chi connectivity index (χ1) is 8.08. The second-order valence-corrected chi connectivity index (χ2v) is 5.45. The molecule has 2 N–H and O–H groups in total. The van der Waals surface area contributed by atoms with Crippen LogP contribution in [-0.2, 0) is 0 Å². The van der Waals surface area contributed by atoms with Crippen LogP contribution in [0.2, 0.25) is 0 Å². The summed E-state index contributed by atoms with van der Waals surface area (Å²) in [5, 5.41) is 19.0. The summed E-state index contributed by atoms with van der Waals surface area (Å²) >= 11 is 3.49. The van der Waals surface area contributed by atoms with E-state index in [1.807, 2.05) is 18.2 Å². The summed E-state index contributed by atoms with van der Waals surface area (Å²) in [6, 6.07) is 6.03. The molecule has 94 valence electrons. The van der Waals surface area contributed by atoms with Gasteiger partial charge in [-0.1, -0.05) is 22.0 Å². The van der Waals surface area contributed by atoms with Gasteiger partial charge in [-0.2, -0.15) is 0 Å². The zero-order valence-corrected chi connectivity index (χ0v) is 11.5. The number of hydrogen-bond acceptors (Lipinski definition) is 3. The number of halogens is 1. The van der Waals surface area contributed by atoms with E-state index in [1.54, 1.807) is 6.92 Å². The molecule has 1 heterocycles. The summed E-state index contributed by atoms with van der Waals surface area (Å²) in [5.74, 6) is 0. The highest BCUT2D eigenvalue weighted by Crippen LogP contribution is 2.29. The monoisotopic (exact) mass is 299 g/mol. The molecule has 1 unspecified atom stereocenters. The highest BCUT2D eigenvalue weighted by molar-refractivity contribution is 9.10. The minimum Gasteiger partial charge on any atom is -0.393 e. The van der Waals surface area contributed by atoms with Gasteiger partial charge in [-0.3, -0.25) is 0 Å². The molecule has 1 saturated heterocycles. The van der Waals surface area contributed by atoms with Crippen LogP contribution >= 0.6 is 15.9 Å². The van der Waals surface area contributed by atoms with Crippen molar-refractivity contribution in [3.63, 3.8) is 0 Å². The van der Waals surface area contributed by atoms with E-state index in [-0.39, 0.29) is 6.10 Å². The molecule has 0 aliphatic carbocycles. The van der Waals surface area contributed by atoms with Gasteiger partial charge >= 0.3 is 0 Å². The molecule has 1 aliphatic heterocycles. The molecule has 2 rings (SSSR count). The Balaban J connectivity index is 2.14. The van der Waals surface area contributed by atoms with E-state index in [9.17, 15) is 10.2 Å². The van der Waals surface area contributed by atoms with Crippen molar-refractivity contribution in [1.82, 2.24) is 0 Å². The third kappa shape index (κ3) is 3.00. The van der Waals surface area contributed by atoms with Crippen molar-refractivity contribution in [2.45, 2.75) is 32.0 Å². The number of hydrogen-bond donors (Lipinski definition) is 2. The maximum Gasteiger partial charge on any atom is 0.0772 e. The number of benzene rings is 1. The van der Waals surface area contributed by atoms with Crippen LogP contribution in [0, 0.1) is 0 Å². The quantitative estimate of drug-likeness (QED) is 0.882. The Labute approximate surface area is 110 Å². The van der Waals surface area contributed by atoms with Crippen LogP contribution in [-0.4, -0.2) is 29.4 Å². The SMILES string of the molecule is CC(O)c1ccc(N2CCC(O)CC2)cc1Br. The first-order valence-corrected chi connectivity index (χ1v) is 6.77. The van der Waals surface area contributed by atoms with Crippen molar-refractivity contribution in [2.24, 2.45) is 0 Å². The lowest BCUT2D eigenvalue weighted by Gasteiger charge is -2.31. The van der Waals surface area contributed by atoms with E-state index < -0.39 is 6.10 Å². The summed E-state index contributed by atoms with van der Waals surface area (Å²) in [5.41, 5.74) is 2.05. The molecule has 0 amide bonds. The molecule has 1 aromatic carbocycles. The number of aliphatic hydroxyl groups is 2. The molecule has 0 radical (unpaired) electrons. The van der Waals surface area contributed by atoms with Crippen LogP contribution in [0.15, 0.2) is 22.7 Å². The highest BCUT2D eigenvalue weighted by Gasteiger charge is 2.18. The number of rotatable bonds is 2. The Morgan fingerprint density at radius 2 is 2.00 bits per heavy atom. The normalized spacial score (nSPS) is 19.4. The predicted molar refractivity (Wildman–Crippen MR) is 72.2 cm³/mol. The third-order valence-corrected chi connectivity index (χ3v) is 3.95. The molecular formula is C13H18BrNO2. The predicted octanol–water partition coefficient (Wildman–Crippen LogP) is 2.46. The molecule has 1 aliphatic rings. The average molecular weight is 300 g/mol. The summed E-state index contributed by atoms with van der Waals surface area (Å²) in [4.78, 5) is 2.27.